The van der Waals surface area contributed by atoms with Crippen molar-refractivity contribution in [1.82, 2.24) is 19.2 Å². The second-order valence-electron chi connectivity index (χ2n) is 6.65. The third-order valence-electron chi connectivity index (χ3n) is 4.77. The van der Waals surface area contributed by atoms with Crippen molar-refractivity contribution < 1.29 is 4.79 Å². The van der Waals surface area contributed by atoms with Gasteiger partial charge < -0.3 is 10.6 Å². The predicted molar refractivity (Wildman–Crippen MR) is 109 cm³/mol. The Labute approximate surface area is 160 Å². The number of hydrogen-bond acceptors (Lipinski definition) is 5. The Morgan fingerprint density at radius 2 is 1.82 bits per heavy atom. The number of nitrogens with one attached hydrogen (secondary N) is 2. The summed E-state index contributed by atoms with van der Waals surface area (Å²) in [4.78, 5) is 23.9. The number of para-hydroxylation sites is 1. The summed E-state index contributed by atoms with van der Waals surface area (Å²) in [5, 5.41) is 15.3. The average molecular weight is 376 g/mol. The summed E-state index contributed by atoms with van der Waals surface area (Å²) < 4.78 is 3.39. The first-order valence-corrected chi connectivity index (χ1v) is 8.90. The lowest BCUT2D eigenvalue weighted by atomic mass is 10.1. The minimum atomic E-state index is -0.115. The zero-order chi connectivity index (χ0) is 19.8. The van der Waals surface area contributed by atoms with Crippen LogP contribution in [-0.4, -0.2) is 25.1 Å². The Morgan fingerprint density at radius 3 is 2.61 bits per heavy atom. The number of anilines is 2. The third-order valence-corrected chi connectivity index (χ3v) is 4.77. The van der Waals surface area contributed by atoms with E-state index in [-0.39, 0.29) is 11.5 Å². The highest BCUT2D eigenvalue weighted by Crippen LogP contribution is 2.24. The van der Waals surface area contributed by atoms with Gasteiger partial charge in [0.15, 0.2) is 5.82 Å². The van der Waals surface area contributed by atoms with Crippen molar-refractivity contribution in [3.05, 3.63) is 64.2 Å². The van der Waals surface area contributed by atoms with Gasteiger partial charge in [0.1, 0.15) is 0 Å². The molecule has 2 aromatic heterocycles. The summed E-state index contributed by atoms with van der Waals surface area (Å²) >= 11 is 0. The summed E-state index contributed by atoms with van der Waals surface area (Å²) in [6.45, 7) is 3.83. The van der Waals surface area contributed by atoms with E-state index in [0.29, 0.717) is 23.5 Å². The van der Waals surface area contributed by atoms with E-state index >= 15 is 0 Å². The molecule has 0 aliphatic heterocycles. The molecule has 0 spiro atoms. The number of aryl methyl sites for hydroxylation is 1. The molecule has 8 heteroatoms. The molecule has 28 heavy (non-hydrogen) atoms. The molecule has 0 aliphatic rings. The van der Waals surface area contributed by atoms with E-state index in [1.54, 1.807) is 13.1 Å². The maximum atomic E-state index is 12.5. The fourth-order valence-corrected chi connectivity index (χ4v) is 3.33. The van der Waals surface area contributed by atoms with Crippen LogP contribution in [0.1, 0.15) is 18.3 Å². The zero-order valence-corrected chi connectivity index (χ0v) is 15.9. The Morgan fingerprint density at radius 1 is 1.07 bits per heavy atom. The molecular formula is C20H20N6O2. The van der Waals surface area contributed by atoms with Crippen LogP contribution in [0.5, 0.6) is 0 Å². The van der Waals surface area contributed by atoms with E-state index < -0.39 is 0 Å². The molecule has 0 saturated heterocycles. The van der Waals surface area contributed by atoms with Gasteiger partial charge in [-0.25, -0.2) is 0 Å². The number of benzene rings is 2. The molecule has 0 unspecified atom stereocenters. The second kappa shape index (κ2) is 6.80. The molecule has 2 N–H and O–H groups in total. The molecule has 2 aromatic carbocycles. The highest BCUT2D eigenvalue weighted by atomic mass is 16.1. The van der Waals surface area contributed by atoms with E-state index in [1.807, 2.05) is 47.7 Å². The number of fused-ring (bicyclic) bond motifs is 3. The van der Waals surface area contributed by atoms with Crippen molar-refractivity contribution in [3.63, 3.8) is 0 Å². The van der Waals surface area contributed by atoms with Crippen molar-refractivity contribution in [2.75, 3.05) is 10.6 Å². The summed E-state index contributed by atoms with van der Waals surface area (Å²) in [6, 6.07) is 13.1. The molecule has 0 atom stereocenters. The summed E-state index contributed by atoms with van der Waals surface area (Å²) in [7, 11) is 1.69. The monoisotopic (exact) mass is 376 g/mol. The summed E-state index contributed by atoms with van der Waals surface area (Å²) in [6.07, 6.45) is 0. The molecule has 142 valence electrons. The fourth-order valence-electron chi connectivity index (χ4n) is 3.33. The number of carbonyl (C=O) groups is 1. The Kier molecular flexibility index (Phi) is 4.31. The van der Waals surface area contributed by atoms with Crippen LogP contribution in [0.2, 0.25) is 0 Å². The SMILES string of the molecule is CC(=O)Nc1cccc(NCc2nnc3n(C)c(=O)c4ccccc4n23)c1C. The van der Waals surface area contributed by atoms with Crippen LogP contribution in [-0.2, 0) is 18.4 Å². The molecule has 0 bridgehead atoms. The molecule has 0 aliphatic carbocycles. The lowest BCUT2D eigenvalue weighted by Gasteiger charge is -2.13. The number of carbonyl (C=O) groups excluding carboxylic acids is 1. The zero-order valence-electron chi connectivity index (χ0n) is 15.9. The standard InChI is InChI=1S/C20H20N6O2/c1-12-15(8-6-9-16(12)22-13(2)27)21-11-18-23-24-20-25(3)19(28)14-7-4-5-10-17(14)26(18)20/h4-10,21H,11H2,1-3H3,(H,22,27). The smallest absolute Gasteiger partial charge is 0.262 e. The molecule has 8 nitrogen and oxygen atoms in total. The first-order chi connectivity index (χ1) is 13.5. The van der Waals surface area contributed by atoms with Crippen molar-refractivity contribution >= 4 is 34.0 Å². The maximum absolute atomic E-state index is 12.5. The molecule has 2 heterocycles. The van der Waals surface area contributed by atoms with E-state index in [4.69, 9.17) is 0 Å². The molecule has 1 amide bonds. The quantitative estimate of drug-likeness (QED) is 0.571. The van der Waals surface area contributed by atoms with Crippen LogP contribution in [0, 0.1) is 6.92 Å². The highest BCUT2D eigenvalue weighted by molar-refractivity contribution is 5.90. The molecule has 0 fully saturated rings. The van der Waals surface area contributed by atoms with Gasteiger partial charge in [0.25, 0.3) is 5.56 Å². The molecule has 0 radical (unpaired) electrons. The van der Waals surface area contributed by atoms with Crippen molar-refractivity contribution in [3.8, 4) is 0 Å². The van der Waals surface area contributed by atoms with Crippen LogP contribution in [0.3, 0.4) is 0 Å². The van der Waals surface area contributed by atoms with Gasteiger partial charge in [0, 0.05) is 25.3 Å². The minimum Gasteiger partial charge on any atom is -0.377 e. The highest BCUT2D eigenvalue weighted by Gasteiger charge is 2.14. The van der Waals surface area contributed by atoms with Crippen molar-refractivity contribution in [2.24, 2.45) is 7.05 Å². The number of aromatic nitrogens is 4. The van der Waals surface area contributed by atoms with Crippen LogP contribution >= 0.6 is 0 Å². The summed E-state index contributed by atoms with van der Waals surface area (Å²) in [5.41, 5.74) is 3.25. The topological polar surface area (TPSA) is 93.3 Å². The van der Waals surface area contributed by atoms with Crippen molar-refractivity contribution in [2.45, 2.75) is 20.4 Å². The Balaban J connectivity index is 1.74. The van der Waals surface area contributed by atoms with Crippen molar-refractivity contribution in [1.29, 1.82) is 0 Å². The molecule has 4 rings (SSSR count). The largest absolute Gasteiger partial charge is 0.377 e. The van der Waals surface area contributed by atoms with Crippen LogP contribution in [0.4, 0.5) is 11.4 Å². The summed E-state index contributed by atoms with van der Waals surface area (Å²) in [5.74, 6) is 1.06. The minimum absolute atomic E-state index is 0.103. The maximum Gasteiger partial charge on any atom is 0.262 e. The van der Waals surface area contributed by atoms with Gasteiger partial charge in [-0.15, -0.1) is 10.2 Å². The van der Waals surface area contributed by atoms with E-state index in [9.17, 15) is 9.59 Å². The van der Waals surface area contributed by atoms with Gasteiger partial charge in [-0.1, -0.05) is 18.2 Å². The average Bonchev–Trinajstić information content (AvgIpc) is 3.11. The first kappa shape index (κ1) is 17.7. The van der Waals surface area contributed by atoms with Gasteiger partial charge in [0.2, 0.25) is 11.7 Å². The molecule has 0 saturated carbocycles. The fraction of sp³-hybridized carbons (Fsp3) is 0.200. The van der Waals surface area contributed by atoms with Gasteiger partial charge in [-0.05, 0) is 36.8 Å². The number of amides is 1. The molecular weight excluding hydrogens is 356 g/mol. The lowest BCUT2D eigenvalue weighted by molar-refractivity contribution is -0.114. The van der Waals surface area contributed by atoms with E-state index in [0.717, 1.165) is 22.5 Å². The van der Waals surface area contributed by atoms with Gasteiger partial charge >= 0.3 is 0 Å². The van der Waals surface area contributed by atoms with Gasteiger partial charge in [0.05, 0.1) is 17.4 Å². The van der Waals surface area contributed by atoms with Crippen LogP contribution in [0.15, 0.2) is 47.3 Å². The van der Waals surface area contributed by atoms with Crippen LogP contribution < -0.4 is 16.2 Å². The lowest BCUT2D eigenvalue weighted by Crippen LogP contribution is -2.20. The predicted octanol–water partition coefficient (Wildman–Crippen LogP) is 2.46. The second-order valence-corrected chi connectivity index (χ2v) is 6.65. The number of rotatable bonds is 4. The third kappa shape index (κ3) is 2.88. The van der Waals surface area contributed by atoms with Gasteiger partial charge in [-0.2, -0.15) is 0 Å². The van der Waals surface area contributed by atoms with E-state index in [1.165, 1.54) is 11.5 Å². The number of nitrogens with zero attached hydrogens (tertiary/aromatic N) is 4. The first-order valence-electron chi connectivity index (χ1n) is 8.90. The molecule has 4 aromatic rings. The Bertz CT molecular complexity index is 1270. The van der Waals surface area contributed by atoms with Crippen LogP contribution in [0.25, 0.3) is 16.7 Å². The normalized spacial score (nSPS) is 11.1. The van der Waals surface area contributed by atoms with Gasteiger partial charge in [-0.3, -0.25) is 18.6 Å². The number of hydrogen-bond donors (Lipinski definition) is 2. The van der Waals surface area contributed by atoms with E-state index in [2.05, 4.69) is 20.8 Å². The Hall–Kier alpha value is -3.68.